The van der Waals surface area contributed by atoms with Crippen molar-refractivity contribution >= 4 is 11.6 Å². The van der Waals surface area contributed by atoms with Crippen LogP contribution >= 0.6 is 11.6 Å². The van der Waals surface area contributed by atoms with Crippen molar-refractivity contribution in [2.45, 2.75) is 63.3 Å². The van der Waals surface area contributed by atoms with Gasteiger partial charge in [0.1, 0.15) is 0 Å². The van der Waals surface area contributed by atoms with Crippen molar-refractivity contribution in [2.75, 3.05) is 12.4 Å². The highest BCUT2D eigenvalue weighted by Gasteiger charge is 2.34. The second-order valence-electron chi connectivity index (χ2n) is 7.27. The van der Waals surface area contributed by atoms with E-state index in [1.807, 2.05) is 0 Å². The van der Waals surface area contributed by atoms with E-state index in [0.29, 0.717) is 5.92 Å². The van der Waals surface area contributed by atoms with E-state index in [1.165, 1.54) is 44.9 Å². The molecular weight excluding hydrogens is 278 g/mol. The van der Waals surface area contributed by atoms with Crippen LogP contribution in [-0.2, 0) is 6.42 Å². The third kappa shape index (κ3) is 3.46. The predicted molar refractivity (Wildman–Crippen MR) is 91.2 cm³/mol. The molecule has 116 valence electrons. The van der Waals surface area contributed by atoms with Crippen LogP contribution in [0.5, 0.6) is 0 Å². The van der Waals surface area contributed by atoms with E-state index < -0.39 is 0 Å². The first kappa shape index (κ1) is 15.4. The molecule has 2 aliphatic carbocycles. The molecule has 0 spiro atoms. The second-order valence-corrected chi connectivity index (χ2v) is 7.53. The molecule has 1 fully saturated rings. The van der Waals surface area contributed by atoms with Gasteiger partial charge in [-0.3, -0.25) is 0 Å². The largest absolute Gasteiger partial charge is 0.309 e. The Bertz CT molecular complexity index is 462. The minimum absolute atomic E-state index is 0.195. The van der Waals surface area contributed by atoms with Crippen LogP contribution in [0.25, 0.3) is 0 Å². The van der Waals surface area contributed by atoms with Crippen molar-refractivity contribution < 1.29 is 0 Å². The lowest BCUT2D eigenvalue weighted by Gasteiger charge is -2.40. The van der Waals surface area contributed by atoms with Gasteiger partial charge in [-0.25, -0.2) is 0 Å². The van der Waals surface area contributed by atoms with E-state index in [1.54, 1.807) is 11.1 Å². The van der Waals surface area contributed by atoms with Gasteiger partial charge in [-0.05, 0) is 67.9 Å². The fourth-order valence-electron chi connectivity index (χ4n) is 4.08. The molecule has 0 bridgehead atoms. The highest BCUT2D eigenvalue weighted by atomic mass is 35.5. The minimum Gasteiger partial charge on any atom is -0.309 e. The van der Waals surface area contributed by atoms with Crippen LogP contribution in [0.1, 0.15) is 62.5 Å². The minimum atomic E-state index is 0.195. The van der Waals surface area contributed by atoms with Crippen LogP contribution in [0.4, 0.5) is 0 Å². The Morgan fingerprint density at radius 2 is 1.95 bits per heavy atom. The summed E-state index contributed by atoms with van der Waals surface area (Å²) in [5, 5.41) is 3.88. The number of aryl methyl sites for hydroxylation is 1. The van der Waals surface area contributed by atoms with E-state index >= 15 is 0 Å². The number of rotatable bonds is 4. The Hall–Kier alpha value is -0.530. The Morgan fingerprint density at radius 3 is 2.71 bits per heavy atom. The molecule has 0 radical (unpaired) electrons. The summed E-state index contributed by atoms with van der Waals surface area (Å²) in [5.41, 5.74) is 3.33. The van der Waals surface area contributed by atoms with Gasteiger partial charge >= 0.3 is 0 Å². The molecule has 0 aromatic heterocycles. The smallest absolute Gasteiger partial charge is 0.0406 e. The van der Waals surface area contributed by atoms with Crippen molar-refractivity contribution in [3.8, 4) is 0 Å². The number of halogens is 1. The van der Waals surface area contributed by atoms with Crippen molar-refractivity contribution in [3.63, 3.8) is 0 Å². The summed E-state index contributed by atoms with van der Waals surface area (Å²) in [7, 11) is 0. The summed E-state index contributed by atoms with van der Waals surface area (Å²) < 4.78 is 0. The van der Waals surface area contributed by atoms with Crippen LogP contribution in [0.3, 0.4) is 0 Å². The summed E-state index contributed by atoms with van der Waals surface area (Å²) >= 11 is 6.34. The Balaban J connectivity index is 1.65. The highest BCUT2D eigenvalue weighted by Crippen LogP contribution is 2.35. The lowest BCUT2D eigenvalue weighted by molar-refractivity contribution is 0.212. The van der Waals surface area contributed by atoms with E-state index in [0.717, 1.165) is 18.3 Å². The summed E-state index contributed by atoms with van der Waals surface area (Å²) in [4.78, 5) is 0. The van der Waals surface area contributed by atoms with E-state index in [2.05, 4.69) is 36.5 Å². The van der Waals surface area contributed by atoms with Crippen LogP contribution in [0, 0.1) is 5.92 Å². The van der Waals surface area contributed by atoms with Crippen LogP contribution in [0.2, 0.25) is 0 Å². The lowest BCUT2D eigenvalue weighted by Crippen LogP contribution is -2.50. The summed E-state index contributed by atoms with van der Waals surface area (Å²) in [6.07, 6.45) is 9.03. The van der Waals surface area contributed by atoms with Gasteiger partial charge in [0, 0.05) is 18.0 Å². The van der Waals surface area contributed by atoms with Crippen molar-refractivity contribution in [3.05, 3.63) is 35.4 Å². The fraction of sp³-hybridized carbons (Fsp3) is 0.684. The number of alkyl halides is 1. The molecule has 1 nitrogen and oxygen atoms in total. The monoisotopic (exact) mass is 305 g/mol. The maximum Gasteiger partial charge on any atom is 0.0406 e. The molecule has 21 heavy (non-hydrogen) atoms. The van der Waals surface area contributed by atoms with Crippen molar-refractivity contribution in [2.24, 2.45) is 5.92 Å². The lowest BCUT2D eigenvalue weighted by atomic mass is 9.77. The fourth-order valence-corrected chi connectivity index (χ4v) is 4.44. The van der Waals surface area contributed by atoms with Gasteiger partial charge in [0.05, 0.1) is 0 Å². The molecule has 2 aliphatic rings. The SMILES string of the molecule is CC1CCC(CCl)(NCC2CCCc3ccccc32)CC1. The first-order valence-corrected chi connectivity index (χ1v) is 9.15. The van der Waals surface area contributed by atoms with Crippen LogP contribution < -0.4 is 5.32 Å². The molecule has 1 unspecified atom stereocenters. The Kier molecular flexibility index (Phi) is 4.91. The van der Waals surface area contributed by atoms with Gasteiger partial charge in [-0.2, -0.15) is 0 Å². The molecule has 2 heteroatoms. The number of benzene rings is 1. The van der Waals surface area contributed by atoms with E-state index in [4.69, 9.17) is 11.6 Å². The molecule has 1 aromatic carbocycles. The van der Waals surface area contributed by atoms with Gasteiger partial charge in [0.15, 0.2) is 0 Å². The van der Waals surface area contributed by atoms with Gasteiger partial charge in [0.25, 0.3) is 0 Å². The normalized spacial score (nSPS) is 32.7. The van der Waals surface area contributed by atoms with Gasteiger partial charge in [-0.1, -0.05) is 31.2 Å². The molecule has 1 saturated carbocycles. The molecule has 3 rings (SSSR count). The maximum atomic E-state index is 6.34. The molecule has 0 amide bonds. The summed E-state index contributed by atoms with van der Waals surface area (Å²) in [5.74, 6) is 2.31. The zero-order valence-electron chi connectivity index (χ0n) is 13.2. The summed E-state index contributed by atoms with van der Waals surface area (Å²) in [6.45, 7) is 3.47. The number of hydrogen-bond donors (Lipinski definition) is 1. The van der Waals surface area contributed by atoms with Gasteiger partial charge in [-0.15, -0.1) is 11.6 Å². The third-order valence-corrected chi connectivity index (χ3v) is 6.22. The van der Waals surface area contributed by atoms with Crippen molar-refractivity contribution in [1.29, 1.82) is 0 Å². The van der Waals surface area contributed by atoms with E-state index in [-0.39, 0.29) is 5.54 Å². The van der Waals surface area contributed by atoms with Gasteiger partial charge < -0.3 is 5.32 Å². The average molecular weight is 306 g/mol. The topological polar surface area (TPSA) is 12.0 Å². The third-order valence-electron chi connectivity index (χ3n) is 5.70. The first-order chi connectivity index (χ1) is 10.2. The number of nitrogens with one attached hydrogen (secondary N) is 1. The first-order valence-electron chi connectivity index (χ1n) is 8.61. The zero-order valence-corrected chi connectivity index (χ0v) is 14.0. The average Bonchev–Trinajstić information content (AvgIpc) is 2.55. The predicted octanol–water partition coefficient (Wildman–Crippen LogP) is 4.88. The number of hydrogen-bond acceptors (Lipinski definition) is 1. The van der Waals surface area contributed by atoms with Crippen molar-refractivity contribution in [1.82, 2.24) is 5.32 Å². The summed E-state index contributed by atoms with van der Waals surface area (Å²) in [6, 6.07) is 9.01. The molecule has 1 atom stereocenters. The van der Waals surface area contributed by atoms with Gasteiger partial charge in [0.2, 0.25) is 0 Å². The van der Waals surface area contributed by atoms with Crippen LogP contribution in [0.15, 0.2) is 24.3 Å². The second kappa shape index (κ2) is 6.71. The molecule has 0 saturated heterocycles. The van der Waals surface area contributed by atoms with Crippen LogP contribution in [-0.4, -0.2) is 18.0 Å². The molecular formula is C19H28ClN. The highest BCUT2D eigenvalue weighted by molar-refractivity contribution is 6.18. The Morgan fingerprint density at radius 1 is 1.19 bits per heavy atom. The standard InChI is InChI=1S/C19H28ClN/c1-15-9-11-19(14-20,12-10-15)21-13-17-7-4-6-16-5-2-3-8-18(16)17/h2-3,5,8,15,17,21H,4,6-7,9-14H2,1H3. The molecule has 1 N–H and O–H groups in total. The number of fused-ring (bicyclic) bond motifs is 1. The maximum absolute atomic E-state index is 6.34. The molecule has 1 aromatic rings. The zero-order chi connectivity index (χ0) is 14.7. The molecule has 0 aliphatic heterocycles. The Labute approximate surface area is 134 Å². The van der Waals surface area contributed by atoms with E-state index in [9.17, 15) is 0 Å². The quantitative estimate of drug-likeness (QED) is 0.781. The molecule has 0 heterocycles.